The van der Waals surface area contributed by atoms with Crippen LogP contribution in [0, 0.1) is 0 Å². The highest BCUT2D eigenvalue weighted by atomic mass is 15.1. The van der Waals surface area contributed by atoms with Crippen LogP contribution in [0.4, 0.5) is 0 Å². The van der Waals surface area contributed by atoms with E-state index < -0.39 is 0 Å². The minimum Gasteiger partial charge on any atom is -0.415 e. The van der Waals surface area contributed by atoms with Gasteiger partial charge in [0.15, 0.2) is 0 Å². The quantitative estimate of drug-likeness (QED) is 0.486. The van der Waals surface area contributed by atoms with Crippen LogP contribution in [0.1, 0.15) is 46.5 Å². The maximum absolute atomic E-state index is 2.53. The first-order valence-electron chi connectivity index (χ1n) is 6.29. The molecule has 1 aliphatic rings. The van der Waals surface area contributed by atoms with E-state index in [0.717, 1.165) is 0 Å². The van der Waals surface area contributed by atoms with Crippen LogP contribution in [0.5, 0.6) is 0 Å². The van der Waals surface area contributed by atoms with Crippen LogP contribution in [0.25, 0.3) is 0 Å². The highest BCUT2D eigenvalue weighted by Crippen LogP contribution is 2.19. The molecule has 0 N–H and O–H groups in total. The fourth-order valence-corrected chi connectivity index (χ4v) is 2.12. The molecule has 0 radical (unpaired) electrons. The highest BCUT2D eigenvalue weighted by Gasteiger charge is 2.19. The molecule has 0 fully saturated rings. The topological polar surface area (TPSA) is 3.24 Å². The largest absolute Gasteiger partial charge is 0.415 e. The van der Waals surface area contributed by atoms with Gasteiger partial charge in [-0.05, 0) is 25.8 Å². The van der Waals surface area contributed by atoms with E-state index in [2.05, 4.69) is 44.5 Å². The predicted molar refractivity (Wildman–Crippen MR) is 70.0 cm³/mol. The van der Waals surface area contributed by atoms with Gasteiger partial charge in [0, 0.05) is 12.2 Å². The average molecular weight is 205 g/mol. The van der Waals surface area contributed by atoms with Gasteiger partial charge in [0.1, 0.15) is 0 Å². The van der Waals surface area contributed by atoms with E-state index in [-0.39, 0.29) is 0 Å². The fraction of sp³-hybridized carbons (Fsp3) is 0.692. The summed E-state index contributed by atoms with van der Waals surface area (Å²) in [5, 5.41) is 0. The molecule has 0 saturated heterocycles. The molecule has 1 rings (SSSR count). The van der Waals surface area contributed by atoms with Crippen molar-refractivity contribution in [1.82, 2.24) is 4.81 Å². The summed E-state index contributed by atoms with van der Waals surface area (Å²) in [5.41, 5.74) is 2.88. The third-order valence-electron chi connectivity index (χ3n) is 3.37. The third kappa shape index (κ3) is 3.44. The van der Waals surface area contributed by atoms with E-state index >= 15 is 0 Å². The van der Waals surface area contributed by atoms with Gasteiger partial charge >= 0.3 is 0 Å². The Morgan fingerprint density at radius 3 is 2.60 bits per heavy atom. The Kier molecular flexibility index (Phi) is 5.00. The molecule has 0 aromatic carbocycles. The number of hydrogen-bond acceptors (Lipinski definition) is 1. The molecular weight excluding hydrogens is 181 g/mol. The summed E-state index contributed by atoms with van der Waals surface area (Å²) in [7, 11) is 0. The van der Waals surface area contributed by atoms with E-state index in [1.54, 1.807) is 0 Å². The second-order valence-corrected chi connectivity index (χ2v) is 4.62. The first kappa shape index (κ1) is 12.4. The summed E-state index contributed by atoms with van der Waals surface area (Å²) in [6, 6.07) is 0. The van der Waals surface area contributed by atoms with E-state index in [9.17, 15) is 0 Å². The molecule has 0 aromatic heterocycles. The van der Waals surface area contributed by atoms with Gasteiger partial charge in [-0.25, -0.2) is 0 Å². The summed E-state index contributed by atoms with van der Waals surface area (Å²) in [4.78, 5) is 2.53. The van der Waals surface area contributed by atoms with Crippen molar-refractivity contribution in [3.63, 3.8) is 0 Å². The van der Waals surface area contributed by atoms with Crippen molar-refractivity contribution >= 4 is 6.85 Å². The molecule has 0 unspecified atom stereocenters. The summed E-state index contributed by atoms with van der Waals surface area (Å²) in [6.45, 7) is 10.8. The molecule has 0 bridgehead atoms. The maximum Gasteiger partial charge on any atom is 0.277 e. The van der Waals surface area contributed by atoms with Crippen LogP contribution in [0.15, 0.2) is 23.3 Å². The Morgan fingerprint density at radius 1 is 1.20 bits per heavy atom. The van der Waals surface area contributed by atoms with Crippen molar-refractivity contribution in [3.05, 3.63) is 23.3 Å². The highest BCUT2D eigenvalue weighted by molar-refractivity contribution is 6.60. The smallest absolute Gasteiger partial charge is 0.277 e. The van der Waals surface area contributed by atoms with Crippen LogP contribution < -0.4 is 0 Å². The zero-order chi connectivity index (χ0) is 11.3. The van der Waals surface area contributed by atoms with Crippen LogP contribution in [0.2, 0.25) is 6.82 Å². The standard InChI is InChI=1S/C13H24BN/c1-5-6-7-8-11-15-13(3)12(2)9-10-14(15)4/h9-10H,5-8,11H2,1-4H3. The van der Waals surface area contributed by atoms with Crippen molar-refractivity contribution in [1.29, 1.82) is 0 Å². The van der Waals surface area contributed by atoms with Crippen molar-refractivity contribution in [2.24, 2.45) is 0 Å². The Balaban J connectivity index is 2.43. The summed E-state index contributed by atoms with van der Waals surface area (Å²) >= 11 is 0. The van der Waals surface area contributed by atoms with E-state index in [1.807, 2.05) is 0 Å². The second kappa shape index (κ2) is 6.04. The van der Waals surface area contributed by atoms with Crippen LogP contribution in [-0.2, 0) is 0 Å². The number of allylic oxidation sites excluding steroid dienone is 3. The zero-order valence-corrected chi connectivity index (χ0v) is 10.7. The Labute approximate surface area is 95.3 Å². The minimum atomic E-state index is 0.579. The number of nitrogens with zero attached hydrogens (tertiary/aromatic N) is 1. The lowest BCUT2D eigenvalue weighted by molar-refractivity contribution is 0.489. The lowest BCUT2D eigenvalue weighted by atomic mass is 9.60. The van der Waals surface area contributed by atoms with Gasteiger partial charge < -0.3 is 4.81 Å². The Morgan fingerprint density at radius 2 is 1.93 bits per heavy atom. The van der Waals surface area contributed by atoms with Gasteiger partial charge in [0.2, 0.25) is 0 Å². The zero-order valence-electron chi connectivity index (χ0n) is 10.7. The SMILES string of the molecule is CCCCCCN1B(C)C=CC(C)=C1C. The lowest BCUT2D eigenvalue weighted by Gasteiger charge is -2.32. The van der Waals surface area contributed by atoms with Gasteiger partial charge in [0.05, 0.1) is 0 Å². The van der Waals surface area contributed by atoms with Gasteiger partial charge in [0.25, 0.3) is 6.85 Å². The van der Waals surface area contributed by atoms with Crippen molar-refractivity contribution in [3.8, 4) is 0 Å². The van der Waals surface area contributed by atoms with Gasteiger partial charge in [-0.3, -0.25) is 0 Å². The lowest BCUT2D eigenvalue weighted by Crippen LogP contribution is -2.37. The van der Waals surface area contributed by atoms with Crippen LogP contribution in [0.3, 0.4) is 0 Å². The molecule has 2 heteroatoms. The molecule has 1 nitrogen and oxygen atoms in total. The first-order chi connectivity index (χ1) is 7.16. The fourth-order valence-electron chi connectivity index (χ4n) is 2.12. The van der Waals surface area contributed by atoms with Gasteiger partial charge in [-0.15, -0.1) is 0 Å². The molecule has 0 aliphatic carbocycles. The van der Waals surface area contributed by atoms with Crippen molar-refractivity contribution in [2.45, 2.75) is 53.3 Å². The number of unbranched alkanes of at least 4 members (excludes halogenated alkanes) is 3. The third-order valence-corrected chi connectivity index (χ3v) is 3.37. The van der Waals surface area contributed by atoms with Gasteiger partial charge in [-0.1, -0.05) is 45.1 Å². The molecule has 15 heavy (non-hydrogen) atoms. The Hall–Kier alpha value is -0.655. The van der Waals surface area contributed by atoms with Crippen LogP contribution in [-0.4, -0.2) is 18.2 Å². The van der Waals surface area contributed by atoms with E-state index in [1.165, 1.54) is 43.5 Å². The van der Waals surface area contributed by atoms with Crippen molar-refractivity contribution < 1.29 is 0 Å². The summed E-state index contributed by atoms with van der Waals surface area (Å²) in [6.07, 6.45) is 7.65. The van der Waals surface area contributed by atoms with Crippen molar-refractivity contribution in [2.75, 3.05) is 6.54 Å². The average Bonchev–Trinajstić information content (AvgIpc) is 2.23. The maximum atomic E-state index is 2.53. The number of rotatable bonds is 5. The first-order valence-corrected chi connectivity index (χ1v) is 6.29. The monoisotopic (exact) mass is 205 g/mol. The van der Waals surface area contributed by atoms with Gasteiger partial charge in [-0.2, -0.15) is 0 Å². The second-order valence-electron chi connectivity index (χ2n) is 4.62. The summed E-state index contributed by atoms with van der Waals surface area (Å²) < 4.78 is 0. The van der Waals surface area contributed by atoms with Crippen LogP contribution >= 0.6 is 0 Å². The normalized spacial score (nSPS) is 16.5. The Bertz CT molecular complexity index is 255. The molecular formula is C13H24BN. The summed E-state index contributed by atoms with van der Waals surface area (Å²) in [5.74, 6) is 2.31. The molecule has 1 aliphatic heterocycles. The molecule has 0 atom stereocenters. The molecule has 0 spiro atoms. The molecule has 0 amide bonds. The molecule has 0 aromatic rings. The van der Waals surface area contributed by atoms with E-state index in [0.29, 0.717) is 6.85 Å². The van der Waals surface area contributed by atoms with E-state index in [4.69, 9.17) is 0 Å². The minimum absolute atomic E-state index is 0.579. The molecule has 0 saturated carbocycles. The number of hydrogen-bond donors (Lipinski definition) is 0. The molecule has 1 heterocycles. The molecule has 84 valence electrons. The predicted octanol–water partition coefficient (Wildman–Crippen LogP) is 3.89.